The van der Waals surface area contributed by atoms with Crippen LogP contribution in [0, 0.1) is 0 Å². The number of hydrogen-bond donors (Lipinski definition) is 2. The van der Waals surface area contributed by atoms with E-state index in [9.17, 15) is 19.8 Å². The van der Waals surface area contributed by atoms with Crippen molar-refractivity contribution < 1.29 is 33.7 Å². The van der Waals surface area contributed by atoms with Gasteiger partial charge in [0, 0.05) is 22.2 Å². The number of phenolic OH excluding ortho intramolecular Hbond substituents is 1. The number of methoxy groups -OCH3 is 2. The molecule has 0 saturated carbocycles. The predicted molar refractivity (Wildman–Crippen MR) is 138 cm³/mol. The van der Waals surface area contributed by atoms with E-state index in [-0.39, 0.29) is 27.7 Å². The van der Waals surface area contributed by atoms with Gasteiger partial charge in [0.1, 0.15) is 11.5 Å². The van der Waals surface area contributed by atoms with Crippen LogP contribution < -0.4 is 14.4 Å². The summed E-state index contributed by atoms with van der Waals surface area (Å²) in [5.74, 6) is -1.67. The number of amides is 1. The van der Waals surface area contributed by atoms with Crippen molar-refractivity contribution in [2.45, 2.75) is 6.04 Å². The van der Waals surface area contributed by atoms with Gasteiger partial charge in [-0.05, 0) is 54.1 Å². The summed E-state index contributed by atoms with van der Waals surface area (Å²) in [6.45, 7) is 0. The first-order valence-corrected chi connectivity index (χ1v) is 11.7. The van der Waals surface area contributed by atoms with Crippen LogP contribution in [0.4, 0.5) is 5.69 Å². The number of Topliss-reactive ketones (excluding diaryl/α,β-unsaturated/α-hetero) is 1. The van der Waals surface area contributed by atoms with Crippen molar-refractivity contribution in [3.63, 3.8) is 0 Å². The molecule has 1 unspecified atom stereocenters. The van der Waals surface area contributed by atoms with E-state index in [1.807, 2.05) is 0 Å². The summed E-state index contributed by atoms with van der Waals surface area (Å²) in [4.78, 5) is 28.4. The second-order valence-corrected chi connectivity index (χ2v) is 9.06. The number of nitrogens with zero attached hydrogens (tertiary/aromatic N) is 1. The van der Waals surface area contributed by atoms with Gasteiger partial charge in [-0.2, -0.15) is 0 Å². The lowest BCUT2D eigenvalue weighted by atomic mass is 9.94. The highest BCUT2D eigenvalue weighted by Gasteiger charge is 2.45. The van der Waals surface area contributed by atoms with E-state index in [4.69, 9.17) is 37.1 Å². The maximum atomic E-state index is 13.8. The first-order valence-electron chi connectivity index (χ1n) is 10.9. The molecule has 0 aliphatic carbocycles. The number of carbonyl (C=O) groups excluding carboxylic acids is 2. The Morgan fingerprint density at radius 1 is 0.973 bits per heavy atom. The van der Waals surface area contributed by atoms with E-state index in [1.165, 1.54) is 43.4 Å². The normalized spacial score (nSPS) is 15.5. The molecule has 1 aliphatic heterocycles. The number of benzene rings is 3. The number of carbonyl (C=O) groups is 2. The molecule has 37 heavy (non-hydrogen) atoms. The molecule has 2 N–H and O–H groups in total. The Morgan fingerprint density at radius 3 is 2.35 bits per heavy atom. The number of furan rings is 1. The zero-order valence-corrected chi connectivity index (χ0v) is 21.0. The lowest BCUT2D eigenvalue weighted by molar-refractivity contribution is -0.117. The average molecular weight is 540 g/mol. The molecule has 2 heterocycles. The highest BCUT2D eigenvalue weighted by molar-refractivity contribution is 6.32. The summed E-state index contributed by atoms with van der Waals surface area (Å²) in [7, 11) is 2.95. The molecule has 5 rings (SSSR count). The van der Waals surface area contributed by atoms with Gasteiger partial charge in [-0.3, -0.25) is 14.5 Å². The van der Waals surface area contributed by atoms with Gasteiger partial charge < -0.3 is 24.1 Å². The van der Waals surface area contributed by atoms with Crippen molar-refractivity contribution in [1.29, 1.82) is 0 Å². The number of ether oxygens (including phenoxy) is 2. The number of aliphatic hydroxyl groups excluding tert-OH is 1. The van der Waals surface area contributed by atoms with Crippen molar-refractivity contribution in [2.75, 3.05) is 19.1 Å². The molecule has 0 saturated heterocycles. The first kappa shape index (κ1) is 24.5. The number of aromatic hydroxyl groups is 1. The van der Waals surface area contributed by atoms with Crippen LogP contribution in [0.15, 0.2) is 76.4 Å². The molecule has 10 heteroatoms. The fourth-order valence-corrected chi connectivity index (χ4v) is 4.74. The van der Waals surface area contributed by atoms with Crippen molar-refractivity contribution in [1.82, 2.24) is 0 Å². The zero-order chi connectivity index (χ0) is 26.4. The highest BCUT2D eigenvalue weighted by Crippen LogP contribution is 2.44. The minimum Gasteiger partial charge on any atom is -0.506 e. The van der Waals surface area contributed by atoms with Gasteiger partial charge in [0.05, 0.1) is 30.9 Å². The first-order chi connectivity index (χ1) is 17.7. The number of rotatable bonds is 6. The molecule has 0 spiro atoms. The third kappa shape index (κ3) is 4.14. The molecular weight excluding hydrogens is 521 g/mol. The van der Waals surface area contributed by atoms with Crippen LogP contribution in [0.1, 0.15) is 22.2 Å². The van der Waals surface area contributed by atoms with Gasteiger partial charge in [0.2, 0.25) is 5.78 Å². The van der Waals surface area contributed by atoms with Crippen molar-refractivity contribution >= 4 is 51.5 Å². The summed E-state index contributed by atoms with van der Waals surface area (Å²) in [6.07, 6.45) is 0. The maximum absolute atomic E-state index is 13.8. The van der Waals surface area contributed by atoms with Gasteiger partial charge in [-0.1, -0.05) is 29.3 Å². The lowest BCUT2D eigenvalue weighted by Gasteiger charge is -2.27. The number of ketones is 1. The number of aliphatic hydroxyl groups is 1. The molecule has 1 aromatic heterocycles. The molecule has 1 atom stereocenters. The number of hydrogen-bond acceptors (Lipinski definition) is 7. The quantitative estimate of drug-likeness (QED) is 0.279. The van der Waals surface area contributed by atoms with Crippen LogP contribution in [0.5, 0.6) is 17.2 Å². The summed E-state index contributed by atoms with van der Waals surface area (Å²) in [5.41, 5.74) is 0.853. The number of halogens is 2. The Balaban J connectivity index is 1.67. The minimum absolute atomic E-state index is 0.0148. The molecule has 188 valence electrons. The smallest absolute Gasteiger partial charge is 0.294 e. The summed E-state index contributed by atoms with van der Waals surface area (Å²) < 4.78 is 16.3. The molecule has 1 amide bonds. The van der Waals surface area contributed by atoms with Gasteiger partial charge >= 0.3 is 0 Å². The van der Waals surface area contributed by atoms with Crippen molar-refractivity contribution in [3.8, 4) is 17.2 Å². The Hall–Kier alpha value is -4.14. The molecule has 0 bridgehead atoms. The fourth-order valence-electron chi connectivity index (χ4n) is 4.34. The Labute approximate surface area is 220 Å². The Bertz CT molecular complexity index is 1590. The number of fused-ring (bicyclic) bond motifs is 1. The molecular formula is C27H19Cl2NO7. The monoisotopic (exact) mass is 539 g/mol. The SMILES string of the molecule is COc1ccc(N2C(=O)C(O)=C(C(=O)c3cc4cc(Cl)cc(OC)c4o3)C2c2ccc(O)c(Cl)c2)cc1. The van der Waals surface area contributed by atoms with Crippen LogP contribution in [-0.2, 0) is 4.79 Å². The molecule has 0 fully saturated rings. The summed E-state index contributed by atoms with van der Waals surface area (Å²) in [5, 5.41) is 21.8. The van der Waals surface area contributed by atoms with Gasteiger partial charge in [0.25, 0.3) is 5.91 Å². The van der Waals surface area contributed by atoms with E-state index in [0.717, 1.165) is 0 Å². The third-order valence-corrected chi connectivity index (χ3v) is 6.60. The molecule has 0 radical (unpaired) electrons. The fraction of sp³-hybridized carbons (Fsp3) is 0.111. The standard InChI is InChI=1S/C27H19Cl2NO7/c1-35-17-6-4-16(5-7-17)30-23(13-3-8-19(31)18(29)10-13)22(25(33)27(30)34)24(32)20-11-14-9-15(28)12-21(36-2)26(14)37-20/h3-12,23,31,33H,1-2H3. The molecule has 3 aromatic carbocycles. The number of anilines is 1. The van der Waals surface area contributed by atoms with Gasteiger partial charge in [0.15, 0.2) is 22.9 Å². The molecule has 8 nitrogen and oxygen atoms in total. The third-order valence-electron chi connectivity index (χ3n) is 6.08. The van der Waals surface area contributed by atoms with Crippen LogP contribution in [0.2, 0.25) is 10.0 Å². The maximum Gasteiger partial charge on any atom is 0.294 e. The van der Waals surface area contributed by atoms with Crippen LogP contribution in [0.3, 0.4) is 0 Å². The molecule has 4 aromatic rings. The number of phenols is 1. The highest BCUT2D eigenvalue weighted by atomic mass is 35.5. The summed E-state index contributed by atoms with van der Waals surface area (Å²) >= 11 is 12.3. The van der Waals surface area contributed by atoms with Gasteiger partial charge in [-0.15, -0.1) is 0 Å². The van der Waals surface area contributed by atoms with Crippen LogP contribution in [-0.4, -0.2) is 36.1 Å². The van der Waals surface area contributed by atoms with Crippen LogP contribution in [0.25, 0.3) is 11.0 Å². The Morgan fingerprint density at radius 2 is 1.70 bits per heavy atom. The van der Waals surface area contributed by atoms with Crippen molar-refractivity contribution in [3.05, 3.63) is 93.4 Å². The van der Waals surface area contributed by atoms with E-state index in [0.29, 0.717) is 33.2 Å². The topological polar surface area (TPSA) is 109 Å². The van der Waals surface area contributed by atoms with Gasteiger partial charge in [-0.25, -0.2) is 0 Å². The average Bonchev–Trinajstić information content (AvgIpc) is 3.43. The predicted octanol–water partition coefficient (Wildman–Crippen LogP) is 6.25. The van der Waals surface area contributed by atoms with E-state index < -0.39 is 23.5 Å². The van der Waals surface area contributed by atoms with E-state index in [2.05, 4.69) is 0 Å². The summed E-state index contributed by atoms with van der Waals surface area (Å²) in [6, 6.07) is 14.4. The van der Waals surface area contributed by atoms with Crippen LogP contribution >= 0.6 is 23.2 Å². The second-order valence-electron chi connectivity index (χ2n) is 8.22. The minimum atomic E-state index is -1.08. The van der Waals surface area contributed by atoms with Crippen molar-refractivity contribution in [2.24, 2.45) is 0 Å². The molecule has 1 aliphatic rings. The van der Waals surface area contributed by atoms with E-state index >= 15 is 0 Å². The zero-order valence-electron chi connectivity index (χ0n) is 19.5. The second kappa shape index (κ2) is 9.38. The lowest BCUT2D eigenvalue weighted by Crippen LogP contribution is -2.31. The largest absolute Gasteiger partial charge is 0.506 e. The Kier molecular flexibility index (Phi) is 6.23. The van der Waals surface area contributed by atoms with E-state index in [1.54, 1.807) is 36.4 Å².